The van der Waals surface area contributed by atoms with Crippen molar-refractivity contribution in [3.63, 3.8) is 0 Å². The molecule has 0 bridgehead atoms. The molecule has 0 amide bonds. The van der Waals surface area contributed by atoms with E-state index in [0.29, 0.717) is 16.5 Å². The van der Waals surface area contributed by atoms with Crippen molar-refractivity contribution in [2.45, 2.75) is 6.67 Å². The van der Waals surface area contributed by atoms with Crippen molar-refractivity contribution in [3.05, 3.63) is 35.5 Å². The summed E-state index contributed by atoms with van der Waals surface area (Å²) < 4.78 is 12.3. The first-order chi connectivity index (χ1) is 6.72. The van der Waals surface area contributed by atoms with Crippen LogP contribution in [0.1, 0.15) is 15.9 Å². The van der Waals surface area contributed by atoms with Gasteiger partial charge in [-0.3, -0.25) is 0 Å². The molecular formula is C10H8FNO2. The summed E-state index contributed by atoms with van der Waals surface area (Å²) >= 11 is 0. The minimum atomic E-state index is -0.982. The van der Waals surface area contributed by atoms with Crippen LogP contribution in [0.4, 0.5) is 4.39 Å². The van der Waals surface area contributed by atoms with Crippen molar-refractivity contribution >= 4 is 16.9 Å². The molecule has 2 aromatic rings. The molecule has 0 aliphatic rings. The normalized spacial score (nSPS) is 10.6. The monoisotopic (exact) mass is 193 g/mol. The van der Waals surface area contributed by atoms with Crippen LogP contribution in [0.5, 0.6) is 0 Å². The summed E-state index contributed by atoms with van der Waals surface area (Å²) in [4.78, 5) is 13.5. The van der Waals surface area contributed by atoms with E-state index in [1.54, 1.807) is 18.2 Å². The van der Waals surface area contributed by atoms with Gasteiger partial charge in [0.05, 0.1) is 5.56 Å². The average Bonchev–Trinajstić information content (AvgIpc) is 2.59. The van der Waals surface area contributed by atoms with Gasteiger partial charge >= 0.3 is 5.97 Å². The Labute approximate surface area is 79.2 Å². The lowest BCUT2D eigenvalue weighted by Crippen LogP contribution is -1.93. The van der Waals surface area contributed by atoms with Crippen LogP contribution in [-0.2, 0) is 6.67 Å². The molecule has 0 aliphatic heterocycles. The number of hydrogen-bond donors (Lipinski definition) is 2. The maximum atomic E-state index is 12.3. The summed E-state index contributed by atoms with van der Waals surface area (Å²) in [5.74, 6) is -0.982. The fourth-order valence-electron chi connectivity index (χ4n) is 1.43. The second-order valence-electron chi connectivity index (χ2n) is 3.02. The van der Waals surface area contributed by atoms with E-state index < -0.39 is 12.6 Å². The summed E-state index contributed by atoms with van der Waals surface area (Å²) in [5, 5.41) is 9.41. The van der Waals surface area contributed by atoms with Crippen molar-refractivity contribution in [2.24, 2.45) is 0 Å². The van der Waals surface area contributed by atoms with Gasteiger partial charge in [0.25, 0.3) is 0 Å². The second-order valence-corrected chi connectivity index (χ2v) is 3.02. The fraction of sp³-hybridized carbons (Fsp3) is 0.100. The molecule has 14 heavy (non-hydrogen) atoms. The molecule has 0 unspecified atom stereocenters. The van der Waals surface area contributed by atoms with E-state index in [1.807, 2.05) is 0 Å². The van der Waals surface area contributed by atoms with E-state index in [4.69, 9.17) is 5.11 Å². The van der Waals surface area contributed by atoms with E-state index in [2.05, 4.69) is 4.98 Å². The van der Waals surface area contributed by atoms with Crippen LogP contribution in [0.15, 0.2) is 24.4 Å². The third-order valence-corrected chi connectivity index (χ3v) is 2.13. The maximum absolute atomic E-state index is 12.3. The number of alkyl halides is 1. The quantitative estimate of drug-likeness (QED) is 0.769. The van der Waals surface area contributed by atoms with Crippen LogP contribution in [0.25, 0.3) is 10.9 Å². The largest absolute Gasteiger partial charge is 0.478 e. The van der Waals surface area contributed by atoms with Crippen molar-refractivity contribution < 1.29 is 14.3 Å². The third kappa shape index (κ3) is 1.25. The number of carbonyl (C=O) groups is 1. The maximum Gasteiger partial charge on any atom is 0.337 e. The predicted molar refractivity (Wildman–Crippen MR) is 50.1 cm³/mol. The van der Waals surface area contributed by atoms with Crippen LogP contribution in [-0.4, -0.2) is 16.1 Å². The Morgan fingerprint density at radius 1 is 1.50 bits per heavy atom. The van der Waals surface area contributed by atoms with Gasteiger partial charge in [0.15, 0.2) is 0 Å². The topological polar surface area (TPSA) is 53.1 Å². The third-order valence-electron chi connectivity index (χ3n) is 2.13. The van der Waals surface area contributed by atoms with Gasteiger partial charge in [0.1, 0.15) is 6.67 Å². The minimum Gasteiger partial charge on any atom is -0.478 e. The molecule has 0 atom stereocenters. The number of carboxylic acids is 1. The molecule has 3 nitrogen and oxygen atoms in total. The zero-order valence-corrected chi connectivity index (χ0v) is 7.25. The number of hydrogen-bond acceptors (Lipinski definition) is 1. The highest BCUT2D eigenvalue weighted by Gasteiger charge is 2.09. The molecule has 1 aromatic heterocycles. The zero-order chi connectivity index (χ0) is 10.1. The molecule has 72 valence electrons. The number of benzene rings is 1. The lowest BCUT2D eigenvalue weighted by Gasteiger charge is -1.95. The summed E-state index contributed by atoms with van der Waals surface area (Å²) in [6, 6.07) is 4.81. The van der Waals surface area contributed by atoms with E-state index in [1.165, 1.54) is 6.20 Å². The Hall–Kier alpha value is -1.84. The molecule has 0 saturated carbocycles. The van der Waals surface area contributed by atoms with Gasteiger partial charge in [0, 0.05) is 17.1 Å². The molecule has 0 spiro atoms. The molecule has 1 aromatic carbocycles. The molecular weight excluding hydrogens is 185 g/mol. The number of H-pyrrole nitrogens is 1. The second kappa shape index (κ2) is 3.14. The number of aromatic nitrogens is 1. The highest BCUT2D eigenvalue weighted by Crippen LogP contribution is 2.19. The fourth-order valence-corrected chi connectivity index (χ4v) is 1.43. The Kier molecular flexibility index (Phi) is 1.96. The van der Waals surface area contributed by atoms with E-state index in [-0.39, 0.29) is 5.56 Å². The Morgan fingerprint density at radius 3 is 2.93 bits per heavy atom. The van der Waals surface area contributed by atoms with Crippen LogP contribution < -0.4 is 0 Å². The van der Waals surface area contributed by atoms with Gasteiger partial charge in [-0.05, 0) is 11.6 Å². The highest BCUT2D eigenvalue weighted by atomic mass is 19.1. The molecule has 0 saturated heterocycles. The Bertz CT molecular complexity index is 490. The van der Waals surface area contributed by atoms with Gasteiger partial charge in [-0.25, -0.2) is 9.18 Å². The van der Waals surface area contributed by atoms with Crippen LogP contribution in [0.3, 0.4) is 0 Å². The van der Waals surface area contributed by atoms with E-state index >= 15 is 0 Å². The first kappa shape index (κ1) is 8.74. The van der Waals surface area contributed by atoms with Crippen molar-refractivity contribution in [3.8, 4) is 0 Å². The average molecular weight is 193 g/mol. The SMILES string of the molecule is O=C(O)c1c[nH]c2cc(CF)ccc12. The van der Waals surface area contributed by atoms with Gasteiger partial charge in [-0.2, -0.15) is 0 Å². The lowest BCUT2D eigenvalue weighted by atomic mass is 10.1. The smallest absolute Gasteiger partial charge is 0.337 e. The van der Waals surface area contributed by atoms with Crippen molar-refractivity contribution in [1.29, 1.82) is 0 Å². The van der Waals surface area contributed by atoms with Gasteiger partial charge in [-0.15, -0.1) is 0 Å². The molecule has 2 N–H and O–H groups in total. The molecule has 2 rings (SSSR count). The zero-order valence-electron chi connectivity index (χ0n) is 7.25. The number of halogens is 1. The van der Waals surface area contributed by atoms with Crippen LogP contribution >= 0.6 is 0 Å². The lowest BCUT2D eigenvalue weighted by molar-refractivity contribution is 0.0699. The summed E-state index contributed by atoms with van der Waals surface area (Å²) in [5.41, 5.74) is 1.40. The number of aromatic carboxylic acids is 1. The van der Waals surface area contributed by atoms with E-state index in [9.17, 15) is 9.18 Å². The number of carboxylic acid groups (broad SMARTS) is 1. The molecule has 1 heterocycles. The summed E-state index contributed by atoms with van der Waals surface area (Å²) in [6.07, 6.45) is 1.41. The number of fused-ring (bicyclic) bond motifs is 1. The van der Waals surface area contributed by atoms with Crippen LogP contribution in [0.2, 0.25) is 0 Å². The Balaban J connectivity index is 2.65. The standard InChI is InChI=1S/C10H8FNO2/c11-4-6-1-2-7-8(10(13)14)5-12-9(7)3-6/h1-3,5,12H,4H2,(H,13,14). The number of rotatable bonds is 2. The predicted octanol–water partition coefficient (Wildman–Crippen LogP) is 2.34. The Morgan fingerprint density at radius 2 is 2.29 bits per heavy atom. The van der Waals surface area contributed by atoms with Crippen molar-refractivity contribution in [1.82, 2.24) is 4.98 Å². The number of aromatic amines is 1. The van der Waals surface area contributed by atoms with Gasteiger partial charge in [-0.1, -0.05) is 12.1 Å². The molecule has 0 aliphatic carbocycles. The van der Waals surface area contributed by atoms with Crippen LogP contribution in [0, 0.1) is 0 Å². The molecule has 0 fully saturated rings. The highest BCUT2D eigenvalue weighted by molar-refractivity contribution is 6.03. The molecule has 4 heteroatoms. The number of nitrogens with one attached hydrogen (secondary N) is 1. The van der Waals surface area contributed by atoms with Gasteiger partial charge < -0.3 is 10.1 Å². The first-order valence-electron chi connectivity index (χ1n) is 4.11. The molecule has 0 radical (unpaired) electrons. The summed E-state index contributed by atoms with van der Waals surface area (Å²) in [6.45, 7) is -0.544. The van der Waals surface area contributed by atoms with Gasteiger partial charge in [0.2, 0.25) is 0 Å². The minimum absolute atomic E-state index is 0.213. The summed E-state index contributed by atoms with van der Waals surface area (Å²) in [7, 11) is 0. The van der Waals surface area contributed by atoms with E-state index in [0.717, 1.165) is 0 Å². The van der Waals surface area contributed by atoms with Crippen molar-refractivity contribution in [2.75, 3.05) is 0 Å². The first-order valence-corrected chi connectivity index (χ1v) is 4.11.